The normalized spacial score (nSPS) is 14.2. The molecule has 3 aromatic rings. The maximum absolute atomic E-state index is 5.65. The van der Waals surface area contributed by atoms with Crippen LogP contribution in [-0.2, 0) is 6.42 Å². The summed E-state index contributed by atoms with van der Waals surface area (Å²) in [6, 6.07) is 27.9. The van der Waals surface area contributed by atoms with Gasteiger partial charge in [0.2, 0.25) is 0 Å². The largest absolute Gasteiger partial charge is 0.493 e. The van der Waals surface area contributed by atoms with Crippen LogP contribution in [0.15, 0.2) is 78.9 Å². The number of rotatable bonds is 9. The van der Waals surface area contributed by atoms with Crippen LogP contribution in [0.3, 0.4) is 0 Å². The van der Waals surface area contributed by atoms with Crippen molar-refractivity contribution in [2.45, 2.75) is 31.2 Å². The van der Waals surface area contributed by atoms with Crippen LogP contribution in [-0.4, -0.2) is 38.8 Å². The van der Waals surface area contributed by atoms with Crippen LogP contribution in [0, 0.1) is 0 Å². The van der Waals surface area contributed by atoms with Gasteiger partial charge in [-0.3, -0.25) is 0 Å². The van der Waals surface area contributed by atoms with Crippen molar-refractivity contribution in [1.82, 2.24) is 4.90 Å². The van der Waals surface area contributed by atoms with E-state index in [0.29, 0.717) is 0 Å². The molecule has 0 fully saturated rings. The molecule has 0 heterocycles. The Morgan fingerprint density at radius 1 is 0.767 bits per heavy atom. The van der Waals surface area contributed by atoms with E-state index in [0.717, 1.165) is 24.3 Å². The van der Waals surface area contributed by atoms with Gasteiger partial charge in [0.15, 0.2) is 11.5 Å². The van der Waals surface area contributed by atoms with Gasteiger partial charge in [-0.1, -0.05) is 73.7 Å². The molecule has 0 aliphatic rings. The Kier molecular flexibility index (Phi) is 7.17. The molecule has 0 aliphatic heterocycles. The van der Waals surface area contributed by atoms with Crippen LogP contribution >= 0.6 is 0 Å². The van der Waals surface area contributed by atoms with E-state index in [-0.39, 0.29) is 11.5 Å². The lowest BCUT2D eigenvalue weighted by Crippen LogP contribution is -2.51. The Morgan fingerprint density at radius 2 is 1.37 bits per heavy atom. The summed E-state index contributed by atoms with van der Waals surface area (Å²) < 4.78 is 11.1. The first-order valence-corrected chi connectivity index (χ1v) is 10.5. The first-order chi connectivity index (χ1) is 14.6. The van der Waals surface area contributed by atoms with Crippen molar-refractivity contribution in [3.8, 4) is 11.5 Å². The van der Waals surface area contributed by atoms with Gasteiger partial charge in [0.05, 0.1) is 14.2 Å². The molecule has 3 rings (SSSR count). The fourth-order valence-corrected chi connectivity index (χ4v) is 4.60. The van der Waals surface area contributed by atoms with Gasteiger partial charge in [0, 0.05) is 11.5 Å². The van der Waals surface area contributed by atoms with Gasteiger partial charge in [-0.15, -0.1) is 0 Å². The van der Waals surface area contributed by atoms with Crippen molar-refractivity contribution in [2.75, 3.05) is 28.3 Å². The molecule has 3 heteroatoms. The first kappa shape index (κ1) is 21.9. The fourth-order valence-electron chi connectivity index (χ4n) is 4.60. The Hall–Kier alpha value is -2.78. The number of benzene rings is 3. The predicted octanol–water partition coefficient (Wildman–Crippen LogP) is 5.79. The smallest absolute Gasteiger partial charge is 0.161 e. The van der Waals surface area contributed by atoms with E-state index in [4.69, 9.17) is 9.47 Å². The standard InChI is InChI=1S/C27H33NO2/c1-6-27(28(2)3,20-21-13-9-7-10-14-21)26(22-15-11-8-12-16-22)23-17-18-24(29-4)25(19-23)30-5/h7-19,26H,6,20H2,1-5H3. The lowest BCUT2D eigenvalue weighted by Gasteiger charge is -2.46. The van der Waals surface area contributed by atoms with Gasteiger partial charge in [0.1, 0.15) is 0 Å². The summed E-state index contributed by atoms with van der Waals surface area (Å²) in [7, 11) is 7.77. The molecule has 0 aromatic heterocycles. The van der Waals surface area contributed by atoms with E-state index < -0.39 is 0 Å². The lowest BCUT2D eigenvalue weighted by molar-refractivity contribution is 0.123. The second-order valence-electron chi connectivity index (χ2n) is 7.97. The number of methoxy groups -OCH3 is 2. The van der Waals surface area contributed by atoms with Crippen LogP contribution < -0.4 is 9.47 Å². The SMILES string of the molecule is CCC(Cc1ccccc1)(C(c1ccccc1)c1ccc(OC)c(OC)c1)N(C)C. The van der Waals surface area contributed by atoms with Crippen molar-refractivity contribution in [1.29, 1.82) is 0 Å². The second-order valence-corrected chi connectivity index (χ2v) is 7.97. The van der Waals surface area contributed by atoms with Crippen molar-refractivity contribution in [3.63, 3.8) is 0 Å². The van der Waals surface area contributed by atoms with Gasteiger partial charge in [-0.25, -0.2) is 0 Å². The van der Waals surface area contributed by atoms with E-state index in [1.807, 2.05) is 6.07 Å². The molecule has 0 spiro atoms. The number of hydrogen-bond donors (Lipinski definition) is 0. The molecule has 0 aliphatic carbocycles. The maximum Gasteiger partial charge on any atom is 0.161 e. The quantitative estimate of drug-likeness (QED) is 0.451. The molecule has 0 radical (unpaired) electrons. The maximum atomic E-state index is 5.65. The Morgan fingerprint density at radius 3 is 1.90 bits per heavy atom. The Bertz CT molecular complexity index is 924. The first-order valence-electron chi connectivity index (χ1n) is 10.5. The number of hydrogen-bond acceptors (Lipinski definition) is 3. The highest BCUT2D eigenvalue weighted by Crippen LogP contribution is 2.44. The molecule has 30 heavy (non-hydrogen) atoms. The minimum atomic E-state index is -0.109. The molecule has 0 amide bonds. The van der Waals surface area contributed by atoms with Crippen LogP contribution in [0.2, 0.25) is 0 Å². The summed E-state index contributed by atoms with van der Waals surface area (Å²) in [5, 5.41) is 0. The molecule has 158 valence electrons. The molecule has 0 saturated heterocycles. The van der Waals surface area contributed by atoms with Gasteiger partial charge in [-0.2, -0.15) is 0 Å². The zero-order chi connectivity index (χ0) is 21.6. The zero-order valence-electron chi connectivity index (χ0n) is 18.8. The van der Waals surface area contributed by atoms with Crippen molar-refractivity contribution < 1.29 is 9.47 Å². The van der Waals surface area contributed by atoms with Gasteiger partial charge in [-0.05, 0) is 55.8 Å². The number of ether oxygens (including phenoxy) is 2. The van der Waals surface area contributed by atoms with Crippen molar-refractivity contribution in [3.05, 3.63) is 95.6 Å². The highest BCUT2D eigenvalue weighted by Gasteiger charge is 2.41. The summed E-state index contributed by atoms with van der Waals surface area (Å²) in [6.45, 7) is 2.29. The minimum Gasteiger partial charge on any atom is -0.493 e. The van der Waals surface area contributed by atoms with Gasteiger partial charge < -0.3 is 14.4 Å². The van der Waals surface area contributed by atoms with Crippen molar-refractivity contribution >= 4 is 0 Å². The highest BCUT2D eigenvalue weighted by molar-refractivity contribution is 5.48. The number of nitrogens with zero attached hydrogens (tertiary/aromatic N) is 1. The van der Waals surface area contributed by atoms with E-state index in [1.54, 1.807) is 14.2 Å². The highest BCUT2D eigenvalue weighted by atomic mass is 16.5. The monoisotopic (exact) mass is 403 g/mol. The molecule has 3 nitrogen and oxygen atoms in total. The summed E-state index contributed by atoms with van der Waals surface area (Å²) in [6.07, 6.45) is 1.95. The average Bonchev–Trinajstić information content (AvgIpc) is 2.79. The minimum absolute atomic E-state index is 0.109. The van der Waals surface area contributed by atoms with Gasteiger partial charge in [0.25, 0.3) is 0 Å². The van der Waals surface area contributed by atoms with E-state index in [9.17, 15) is 0 Å². The molecular formula is C27H33NO2. The molecule has 0 saturated carbocycles. The number of likely N-dealkylation sites (N-methyl/N-ethyl adjacent to an activating group) is 1. The summed E-state index contributed by atoms with van der Waals surface area (Å²) in [5.74, 6) is 1.68. The van der Waals surface area contributed by atoms with Crippen LogP contribution in [0.5, 0.6) is 11.5 Å². The molecule has 0 N–H and O–H groups in total. The Balaban J connectivity index is 2.21. The van der Waals surface area contributed by atoms with Crippen LogP contribution in [0.25, 0.3) is 0 Å². The lowest BCUT2D eigenvalue weighted by atomic mass is 9.69. The topological polar surface area (TPSA) is 21.7 Å². The molecular weight excluding hydrogens is 370 g/mol. The fraction of sp³-hybridized carbons (Fsp3) is 0.333. The zero-order valence-corrected chi connectivity index (χ0v) is 18.8. The van der Waals surface area contributed by atoms with E-state index in [2.05, 4.69) is 98.7 Å². The molecule has 2 atom stereocenters. The summed E-state index contributed by atoms with van der Waals surface area (Å²) in [4.78, 5) is 2.40. The van der Waals surface area contributed by atoms with E-state index >= 15 is 0 Å². The van der Waals surface area contributed by atoms with E-state index in [1.165, 1.54) is 16.7 Å². The third-order valence-corrected chi connectivity index (χ3v) is 6.27. The van der Waals surface area contributed by atoms with Gasteiger partial charge >= 0.3 is 0 Å². The average molecular weight is 404 g/mol. The molecule has 3 aromatic carbocycles. The predicted molar refractivity (Wildman–Crippen MR) is 125 cm³/mol. The molecule has 2 unspecified atom stereocenters. The molecule has 0 bridgehead atoms. The summed E-state index contributed by atoms with van der Waals surface area (Å²) in [5.41, 5.74) is 3.76. The third kappa shape index (κ3) is 4.36. The third-order valence-electron chi connectivity index (χ3n) is 6.27. The Labute approximate surface area is 181 Å². The second kappa shape index (κ2) is 9.82. The van der Waals surface area contributed by atoms with Crippen molar-refractivity contribution in [2.24, 2.45) is 0 Å². The summed E-state index contributed by atoms with van der Waals surface area (Å²) >= 11 is 0. The van der Waals surface area contributed by atoms with Crippen LogP contribution in [0.4, 0.5) is 0 Å². The van der Waals surface area contributed by atoms with Crippen LogP contribution in [0.1, 0.15) is 36.0 Å².